The molecule has 2 aromatic carbocycles. The number of rotatable bonds is 8. The van der Waals surface area contributed by atoms with Crippen molar-refractivity contribution in [1.82, 2.24) is 5.32 Å². The van der Waals surface area contributed by atoms with Gasteiger partial charge in [0.1, 0.15) is 11.8 Å². The minimum Gasteiger partial charge on any atom is -0.496 e. The van der Waals surface area contributed by atoms with E-state index in [9.17, 15) is 9.90 Å². The zero-order valence-corrected chi connectivity index (χ0v) is 13.5. The van der Waals surface area contributed by atoms with Gasteiger partial charge in [0.05, 0.1) is 7.11 Å². The molecule has 0 aliphatic rings. The second-order valence-electron chi connectivity index (χ2n) is 5.66. The lowest BCUT2D eigenvalue weighted by atomic mass is 10.0. The van der Waals surface area contributed by atoms with E-state index in [1.165, 1.54) is 0 Å². The molecule has 2 N–H and O–H groups in total. The molecular weight excluding hydrogens is 290 g/mol. The van der Waals surface area contributed by atoms with Crippen molar-refractivity contribution in [3.8, 4) is 5.75 Å². The molecule has 0 heterocycles. The average Bonchev–Trinajstić information content (AvgIpc) is 2.55. The van der Waals surface area contributed by atoms with Crippen molar-refractivity contribution in [2.75, 3.05) is 7.11 Å². The third kappa shape index (κ3) is 5.11. The van der Waals surface area contributed by atoms with E-state index in [4.69, 9.17) is 4.74 Å². The summed E-state index contributed by atoms with van der Waals surface area (Å²) in [7, 11) is 1.65. The number of carboxylic acids is 1. The van der Waals surface area contributed by atoms with E-state index in [2.05, 4.69) is 5.32 Å². The van der Waals surface area contributed by atoms with Crippen LogP contribution in [0.2, 0.25) is 0 Å². The van der Waals surface area contributed by atoms with E-state index in [-0.39, 0.29) is 6.04 Å². The lowest BCUT2D eigenvalue weighted by molar-refractivity contribution is -0.139. The molecule has 2 atom stereocenters. The van der Waals surface area contributed by atoms with Gasteiger partial charge in [-0.3, -0.25) is 4.79 Å². The molecule has 0 saturated heterocycles. The minimum absolute atomic E-state index is 0.0242. The summed E-state index contributed by atoms with van der Waals surface area (Å²) < 4.78 is 5.35. The summed E-state index contributed by atoms with van der Waals surface area (Å²) >= 11 is 0. The maximum Gasteiger partial charge on any atom is 0.321 e. The summed E-state index contributed by atoms with van der Waals surface area (Å²) in [6.07, 6.45) is 1.18. The Balaban J connectivity index is 2.00. The summed E-state index contributed by atoms with van der Waals surface area (Å²) in [6.45, 7) is 1.99. The first-order chi connectivity index (χ1) is 11.1. The molecule has 0 aromatic heterocycles. The van der Waals surface area contributed by atoms with E-state index in [1.54, 1.807) is 7.11 Å². The molecule has 4 nitrogen and oxygen atoms in total. The highest BCUT2D eigenvalue weighted by Gasteiger charge is 2.20. The second kappa shape index (κ2) is 8.34. The van der Waals surface area contributed by atoms with E-state index in [0.717, 1.165) is 16.9 Å². The van der Waals surface area contributed by atoms with E-state index in [1.807, 2.05) is 61.5 Å². The molecular formula is C19H23NO3. The summed E-state index contributed by atoms with van der Waals surface area (Å²) in [5, 5.41) is 12.7. The Morgan fingerprint density at radius 3 is 2.39 bits per heavy atom. The molecule has 2 aromatic rings. The molecule has 0 radical (unpaired) electrons. The Labute approximate surface area is 137 Å². The van der Waals surface area contributed by atoms with Crippen LogP contribution in [0, 0.1) is 0 Å². The van der Waals surface area contributed by atoms with Crippen LogP contribution < -0.4 is 10.1 Å². The van der Waals surface area contributed by atoms with Gasteiger partial charge in [0.15, 0.2) is 0 Å². The summed E-state index contributed by atoms with van der Waals surface area (Å²) in [5.74, 6) is -0.00295. The number of aliphatic carboxylic acids is 1. The van der Waals surface area contributed by atoms with Crippen LogP contribution >= 0.6 is 0 Å². The predicted molar refractivity (Wildman–Crippen MR) is 90.9 cm³/mol. The van der Waals surface area contributed by atoms with Crippen LogP contribution in [0.4, 0.5) is 0 Å². The van der Waals surface area contributed by atoms with Crippen molar-refractivity contribution < 1.29 is 14.6 Å². The molecule has 1 unspecified atom stereocenters. The average molecular weight is 313 g/mol. The maximum absolute atomic E-state index is 11.5. The number of carbonyl (C=O) groups is 1. The van der Waals surface area contributed by atoms with Gasteiger partial charge in [-0.05, 0) is 37.0 Å². The number of carboxylic acid groups (broad SMARTS) is 1. The highest BCUT2D eigenvalue weighted by Crippen LogP contribution is 2.19. The van der Waals surface area contributed by atoms with Crippen LogP contribution in [0.1, 0.15) is 18.1 Å². The van der Waals surface area contributed by atoms with Crippen LogP contribution in [0.25, 0.3) is 0 Å². The Hall–Kier alpha value is -2.33. The maximum atomic E-state index is 11.5. The molecule has 0 spiro atoms. The molecule has 2 rings (SSSR count). The van der Waals surface area contributed by atoms with Gasteiger partial charge < -0.3 is 15.2 Å². The summed E-state index contributed by atoms with van der Waals surface area (Å²) in [4.78, 5) is 11.5. The second-order valence-corrected chi connectivity index (χ2v) is 5.66. The highest BCUT2D eigenvalue weighted by molar-refractivity contribution is 5.74. The topological polar surface area (TPSA) is 58.6 Å². The number of hydrogen-bond donors (Lipinski definition) is 2. The monoisotopic (exact) mass is 313 g/mol. The summed E-state index contributed by atoms with van der Waals surface area (Å²) in [6, 6.07) is 16.9. The molecule has 0 aliphatic carbocycles. The lowest BCUT2D eigenvalue weighted by Gasteiger charge is -2.21. The molecule has 0 fully saturated rings. The van der Waals surface area contributed by atoms with Gasteiger partial charge in [0.25, 0.3) is 0 Å². The molecule has 0 amide bonds. The fraction of sp³-hybridized carbons (Fsp3) is 0.316. The van der Waals surface area contributed by atoms with Crippen LogP contribution in [0.15, 0.2) is 54.6 Å². The first-order valence-corrected chi connectivity index (χ1v) is 7.75. The number of para-hydroxylation sites is 1. The Bertz CT molecular complexity index is 628. The third-order valence-corrected chi connectivity index (χ3v) is 3.79. The van der Waals surface area contributed by atoms with Gasteiger partial charge in [-0.2, -0.15) is 0 Å². The molecule has 0 saturated carbocycles. The van der Waals surface area contributed by atoms with Crippen LogP contribution in [0.3, 0.4) is 0 Å². The lowest BCUT2D eigenvalue weighted by Crippen LogP contribution is -2.44. The fourth-order valence-corrected chi connectivity index (χ4v) is 2.67. The zero-order chi connectivity index (χ0) is 16.7. The normalized spacial score (nSPS) is 13.3. The standard InChI is InChI=1S/C19H23NO3/c1-14(12-16-10-6-7-11-18(16)23-2)20-17(19(21)22)13-15-8-4-3-5-9-15/h3-11,14,17,20H,12-13H2,1-2H3,(H,21,22)/t14?,17-/m0/s1. The Morgan fingerprint density at radius 2 is 1.74 bits per heavy atom. The Kier molecular flexibility index (Phi) is 6.18. The number of benzene rings is 2. The zero-order valence-electron chi connectivity index (χ0n) is 13.5. The van der Waals surface area contributed by atoms with Gasteiger partial charge in [-0.15, -0.1) is 0 Å². The van der Waals surface area contributed by atoms with E-state index < -0.39 is 12.0 Å². The van der Waals surface area contributed by atoms with Crippen molar-refractivity contribution in [2.24, 2.45) is 0 Å². The molecule has 4 heteroatoms. The van der Waals surface area contributed by atoms with Crippen molar-refractivity contribution in [1.29, 1.82) is 0 Å². The highest BCUT2D eigenvalue weighted by atomic mass is 16.5. The number of nitrogens with one attached hydrogen (secondary N) is 1. The first kappa shape index (κ1) is 17.0. The van der Waals surface area contributed by atoms with Gasteiger partial charge in [0.2, 0.25) is 0 Å². The quantitative estimate of drug-likeness (QED) is 0.787. The smallest absolute Gasteiger partial charge is 0.321 e. The fourth-order valence-electron chi connectivity index (χ4n) is 2.67. The van der Waals surface area contributed by atoms with Crippen molar-refractivity contribution in [3.63, 3.8) is 0 Å². The van der Waals surface area contributed by atoms with E-state index in [0.29, 0.717) is 12.8 Å². The van der Waals surface area contributed by atoms with Crippen molar-refractivity contribution in [3.05, 3.63) is 65.7 Å². The first-order valence-electron chi connectivity index (χ1n) is 7.75. The minimum atomic E-state index is -0.833. The molecule has 0 bridgehead atoms. The molecule has 23 heavy (non-hydrogen) atoms. The van der Waals surface area contributed by atoms with Crippen molar-refractivity contribution >= 4 is 5.97 Å². The third-order valence-electron chi connectivity index (χ3n) is 3.79. The van der Waals surface area contributed by atoms with Gasteiger partial charge in [-0.1, -0.05) is 48.5 Å². The largest absolute Gasteiger partial charge is 0.496 e. The number of hydrogen-bond acceptors (Lipinski definition) is 3. The Morgan fingerprint density at radius 1 is 1.09 bits per heavy atom. The van der Waals surface area contributed by atoms with Crippen molar-refractivity contribution in [2.45, 2.75) is 31.8 Å². The number of ether oxygens (including phenoxy) is 1. The molecule has 0 aliphatic heterocycles. The van der Waals surface area contributed by atoms with Gasteiger partial charge in [0, 0.05) is 6.04 Å². The van der Waals surface area contributed by atoms with E-state index >= 15 is 0 Å². The predicted octanol–water partition coefficient (Wildman–Crippen LogP) is 2.91. The SMILES string of the molecule is COc1ccccc1CC(C)N[C@@H](Cc1ccccc1)C(=O)O. The van der Waals surface area contributed by atoms with Crippen LogP contribution in [-0.2, 0) is 17.6 Å². The van der Waals surface area contributed by atoms with Crippen LogP contribution in [0.5, 0.6) is 5.75 Å². The summed E-state index contributed by atoms with van der Waals surface area (Å²) in [5.41, 5.74) is 2.08. The van der Waals surface area contributed by atoms with Gasteiger partial charge in [-0.25, -0.2) is 0 Å². The van der Waals surface area contributed by atoms with Gasteiger partial charge >= 0.3 is 5.97 Å². The molecule has 122 valence electrons. The van der Waals surface area contributed by atoms with Crippen LogP contribution in [-0.4, -0.2) is 30.3 Å². The number of methoxy groups -OCH3 is 1.